The van der Waals surface area contributed by atoms with Crippen molar-refractivity contribution >= 4 is 12.4 Å². The molecule has 1 aromatic carbocycles. The van der Waals surface area contributed by atoms with Crippen LogP contribution in [0.5, 0.6) is 0 Å². The number of rotatable bonds is 3. The summed E-state index contributed by atoms with van der Waals surface area (Å²) in [5.74, 6) is 0. The van der Waals surface area contributed by atoms with Gasteiger partial charge in [0.05, 0.1) is 12.7 Å². The lowest BCUT2D eigenvalue weighted by Gasteiger charge is -2.31. The van der Waals surface area contributed by atoms with Crippen molar-refractivity contribution < 1.29 is 4.74 Å². The van der Waals surface area contributed by atoms with E-state index >= 15 is 0 Å². The van der Waals surface area contributed by atoms with Crippen molar-refractivity contribution in [3.63, 3.8) is 0 Å². The van der Waals surface area contributed by atoms with Gasteiger partial charge in [-0.3, -0.25) is 0 Å². The van der Waals surface area contributed by atoms with E-state index in [0.29, 0.717) is 6.10 Å². The van der Waals surface area contributed by atoms with E-state index in [2.05, 4.69) is 35.7 Å². The van der Waals surface area contributed by atoms with Crippen molar-refractivity contribution in [2.24, 2.45) is 0 Å². The maximum Gasteiger partial charge on any atom is 0.0790 e. The largest absolute Gasteiger partial charge is 0.374 e. The zero-order valence-electron chi connectivity index (χ0n) is 9.34. The molecule has 0 N–H and O–H groups in total. The van der Waals surface area contributed by atoms with Gasteiger partial charge in [0.25, 0.3) is 0 Å². The highest BCUT2D eigenvalue weighted by atomic mass is 35.5. The van der Waals surface area contributed by atoms with E-state index in [1.54, 1.807) is 0 Å². The summed E-state index contributed by atoms with van der Waals surface area (Å²) >= 11 is 0. The molecule has 1 aliphatic heterocycles. The van der Waals surface area contributed by atoms with E-state index in [1.807, 2.05) is 12.3 Å². The molecule has 0 amide bonds. The maximum atomic E-state index is 5.72. The number of ether oxygens (including phenoxy) is 1. The second kappa shape index (κ2) is 6.56. The van der Waals surface area contributed by atoms with Crippen LogP contribution in [0.25, 0.3) is 0 Å². The fraction of sp³-hybridized carbons (Fsp3) is 0.385. The summed E-state index contributed by atoms with van der Waals surface area (Å²) in [5.41, 5.74) is 1.34. The van der Waals surface area contributed by atoms with Gasteiger partial charge in [-0.25, -0.2) is 0 Å². The summed E-state index contributed by atoms with van der Waals surface area (Å²) in [6, 6.07) is 10.5. The molecule has 2 nitrogen and oxygen atoms in total. The van der Waals surface area contributed by atoms with Gasteiger partial charge in [0.15, 0.2) is 0 Å². The summed E-state index contributed by atoms with van der Waals surface area (Å²) in [6.45, 7) is 6.53. The lowest BCUT2D eigenvalue weighted by molar-refractivity contribution is -0.0114. The van der Waals surface area contributed by atoms with Crippen molar-refractivity contribution in [3.05, 3.63) is 48.7 Å². The summed E-state index contributed by atoms with van der Waals surface area (Å²) < 4.78 is 5.72. The summed E-state index contributed by atoms with van der Waals surface area (Å²) in [5, 5.41) is 0. The lowest BCUT2D eigenvalue weighted by atomic mass is 10.1. The monoisotopic (exact) mass is 239 g/mol. The molecule has 0 bridgehead atoms. The standard InChI is InChI=1S/C13H17NO.ClH/c1-2-14-8-9-15-13(11-14)10-12-6-4-3-5-7-12;/h2-7,13H,1,8-11H2;1H. The van der Waals surface area contributed by atoms with E-state index in [1.165, 1.54) is 5.56 Å². The molecular formula is C13H18ClNO. The van der Waals surface area contributed by atoms with Crippen molar-refractivity contribution in [1.82, 2.24) is 4.90 Å². The zero-order valence-corrected chi connectivity index (χ0v) is 10.2. The Bertz CT molecular complexity index is 315. The molecule has 1 heterocycles. The van der Waals surface area contributed by atoms with Crippen LogP contribution in [0.15, 0.2) is 43.1 Å². The third-order valence-corrected chi connectivity index (χ3v) is 2.73. The Balaban J connectivity index is 0.00000128. The van der Waals surface area contributed by atoms with Crippen molar-refractivity contribution in [1.29, 1.82) is 0 Å². The number of hydrogen-bond donors (Lipinski definition) is 0. The first-order valence-corrected chi connectivity index (χ1v) is 5.40. The van der Waals surface area contributed by atoms with Crippen LogP contribution in [0.2, 0.25) is 0 Å². The number of halogens is 1. The maximum absolute atomic E-state index is 5.72. The van der Waals surface area contributed by atoms with E-state index in [4.69, 9.17) is 4.74 Å². The molecule has 3 heteroatoms. The molecule has 0 saturated carbocycles. The minimum atomic E-state index is 0. The molecule has 16 heavy (non-hydrogen) atoms. The van der Waals surface area contributed by atoms with Gasteiger partial charge in [0.2, 0.25) is 0 Å². The predicted molar refractivity (Wildman–Crippen MR) is 68.9 cm³/mol. The normalized spacial score (nSPS) is 20.0. The molecule has 1 saturated heterocycles. The fourth-order valence-corrected chi connectivity index (χ4v) is 1.91. The number of nitrogens with zero attached hydrogens (tertiary/aromatic N) is 1. The van der Waals surface area contributed by atoms with Gasteiger partial charge < -0.3 is 9.64 Å². The van der Waals surface area contributed by atoms with Gasteiger partial charge in [0, 0.05) is 19.5 Å². The van der Waals surface area contributed by atoms with Crippen LogP contribution < -0.4 is 0 Å². The lowest BCUT2D eigenvalue weighted by Crippen LogP contribution is -2.40. The fourth-order valence-electron chi connectivity index (χ4n) is 1.91. The highest BCUT2D eigenvalue weighted by molar-refractivity contribution is 5.85. The Hall–Kier alpha value is -0.990. The summed E-state index contributed by atoms with van der Waals surface area (Å²) in [4.78, 5) is 2.22. The quantitative estimate of drug-likeness (QED) is 0.804. The second-order valence-electron chi connectivity index (χ2n) is 3.86. The van der Waals surface area contributed by atoms with E-state index in [-0.39, 0.29) is 12.4 Å². The predicted octanol–water partition coefficient (Wildman–Crippen LogP) is 2.50. The van der Waals surface area contributed by atoms with Crippen LogP contribution in [0.4, 0.5) is 0 Å². The summed E-state index contributed by atoms with van der Waals surface area (Å²) in [7, 11) is 0. The van der Waals surface area contributed by atoms with Crippen LogP contribution in [-0.2, 0) is 11.2 Å². The second-order valence-corrected chi connectivity index (χ2v) is 3.86. The highest BCUT2D eigenvalue weighted by Gasteiger charge is 2.17. The smallest absolute Gasteiger partial charge is 0.0790 e. The van der Waals surface area contributed by atoms with Gasteiger partial charge >= 0.3 is 0 Å². The molecule has 1 fully saturated rings. The third kappa shape index (κ3) is 3.54. The van der Waals surface area contributed by atoms with Crippen LogP contribution in [-0.4, -0.2) is 30.7 Å². The van der Waals surface area contributed by atoms with Gasteiger partial charge in [-0.05, 0) is 11.8 Å². The van der Waals surface area contributed by atoms with Gasteiger partial charge in [-0.15, -0.1) is 12.4 Å². The van der Waals surface area contributed by atoms with Crippen LogP contribution in [0.1, 0.15) is 5.56 Å². The Labute approximate surface area is 103 Å². The molecule has 1 aromatic rings. The first-order chi connectivity index (χ1) is 7.38. The molecule has 0 radical (unpaired) electrons. The summed E-state index contributed by atoms with van der Waals surface area (Å²) in [6.07, 6.45) is 3.20. The Morgan fingerprint density at radius 2 is 2.12 bits per heavy atom. The molecule has 1 aliphatic rings. The molecule has 1 atom stereocenters. The van der Waals surface area contributed by atoms with Crippen LogP contribution in [0, 0.1) is 0 Å². The topological polar surface area (TPSA) is 12.5 Å². The highest BCUT2D eigenvalue weighted by Crippen LogP contribution is 2.11. The Kier molecular flexibility index (Phi) is 5.36. The number of benzene rings is 1. The Morgan fingerprint density at radius 3 is 2.81 bits per heavy atom. The number of hydrogen-bond acceptors (Lipinski definition) is 2. The van der Waals surface area contributed by atoms with Crippen LogP contribution in [0.3, 0.4) is 0 Å². The minimum absolute atomic E-state index is 0. The Morgan fingerprint density at radius 1 is 1.38 bits per heavy atom. The van der Waals surface area contributed by atoms with Gasteiger partial charge in [-0.1, -0.05) is 36.9 Å². The average molecular weight is 240 g/mol. The number of morpholine rings is 1. The minimum Gasteiger partial charge on any atom is -0.374 e. The molecule has 0 aliphatic carbocycles. The molecule has 88 valence electrons. The average Bonchev–Trinajstić information content (AvgIpc) is 2.31. The first kappa shape index (κ1) is 13.1. The van der Waals surface area contributed by atoms with Gasteiger partial charge in [-0.2, -0.15) is 0 Å². The zero-order chi connectivity index (χ0) is 10.5. The molecule has 1 unspecified atom stereocenters. The molecule has 0 aromatic heterocycles. The molecule has 0 spiro atoms. The SMILES string of the molecule is C=CN1CCOC(Cc2ccccc2)C1.Cl. The molecule has 2 rings (SSSR count). The van der Waals surface area contributed by atoms with Crippen molar-refractivity contribution in [3.8, 4) is 0 Å². The van der Waals surface area contributed by atoms with Crippen molar-refractivity contribution in [2.75, 3.05) is 19.7 Å². The van der Waals surface area contributed by atoms with Crippen molar-refractivity contribution in [2.45, 2.75) is 12.5 Å². The van der Waals surface area contributed by atoms with E-state index in [0.717, 1.165) is 26.1 Å². The van der Waals surface area contributed by atoms with E-state index < -0.39 is 0 Å². The third-order valence-electron chi connectivity index (χ3n) is 2.73. The van der Waals surface area contributed by atoms with Crippen LogP contribution >= 0.6 is 12.4 Å². The van der Waals surface area contributed by atoms with E-state index in [9.17, 15) is 0 Å². The van der Waals surface area contributed by atoms with Gasteiger partial charge in [0.1, 0.15) is 0 Å². The first-order valence-electron chi connectivity index (χ1n) is 5.40. The molecular weight excluding hydrogens is 222 g/mol.